The Kier molecular flexibility index (Phi) is 3.22. The fourth-order valence-electron chi connectivity index (χ4n) is 1.29. The number of thiophene rings is 1. The van der Waals surface area contributed by atoms with Crippen LogP contribution in [0, 0.1) is 0 Å². The molecule has 0 bridgehead atoms. The van der Waals surface area contributed by atoms with E-state index in [-0.39, 0.29) is 5.97 Å². The van der Waals surface area contributed by atoms with Crippen LogP contribution in [0.1, 0.15) is 10.6 Å². The van der Waals surface area contributed by atoms with Crippen molar-refractivity contribution in [3.05, 3.63) is 46.5 Å². The van der Waals surface area contributed by atoms with Crippen LogP contribution in [0.3, 0.4) is 0 Å². The number of methoxy groups -OCH3 is 1. The van der Waals surface area contributed by atoms with Crippen LogP contribution in [-0.4, -0.2) is 13.1 Å². The van der Waals surface area contributed by atoms with Crippen LogP contribution in [0.2, 0.25) is 0 Å². The van der Waals surface area contributed by atoms with Gasteiger partial charge in [0.2, 0.25) is 0 Å². The highest BCUT2D eigenvalue weighted by molar-refractivity contribution is 7.11. The van der Waals surface area contributed by atoms with Crippen LogP contribution >= 0.6 is 11.3 Å². The van der Waals surface area contributed by atoms with Gasteiger partial charge in [0.25, 0.3) is 0 Å². The molecule has 0 radical (unpaired) electrons. The monoisotopic (exact) mass is 234 g/mol. The van der Waals surface area contributed by atoms with Crippen molar-refractivity contribution < 1.29 is 13.9 Å². The second-order valence-electron chi connectivity index (χ2n) is 3.04. The Morgan fingerprint density at radius 1 is 1.44 bits per heavy atom. The SMILES string of the molecule is COC(=O)/C(=C/c1ccco1)c1cccs1. The molecule has 0 amide bonds. The molecule has 4 heteroatoms. The van der Waals surface area contributed by atoms with Crippen molar-refractivity contribution in [3.8, 4) is 0 Å². The summed E-state index contributed by atoms with van der Waals surface area (Å²) in [5, 5.41) is 1.91. The Labute approximate surface area is 97.0 Å². The Morgan fingerprint density at radius 2 is 2.31 bits per heavy atom. The molecule has 0 aliphatic rings. The summed E-state index contributed by atoms with van der Waals surface area (Å²) < 4.78 is 9.92. The van der Waals surface area contributed by atoms with E-state index in [2.05, 4.69) is 0 Å². The van der Waals surface area contributed by atoms with Crippen LogP contribution in [-0.2, 0) is 9.53 Å². The molecule has 0 N–H and O–H groups in total. The fraction of sp³-hybridized carbons (Fsp3) is 0.0833. The Balaban J connectivity index is 2.40. The second kappa shape index (κ2) is 4.81. The summed E-state index contributed by atoms with van der Waals surface area (Å²) in [6, 6.07) is 7.32. The van der Waals surface area contributed by atoms with E-state index in [4.69, 9.17) is 9.15 Å². The fourth-order valence-corrected chi connectivity index (χ4v) is 2.02. The van der Waals surface area contributed by atoms with Crippen molar-refractivity contribution in [3.63, 3.8) is 0 Å². The lowest BCUT2D eigenvalue weighted by Gasteiger charge is -2.01. The summed E-state index contributed by atoms with van der Waals surface area (Å²) in [7, 11) is 1.37. The number of carbonyl (C=O) groups excluding carboxylic acids is 1. The van der Waals surface area contributed by atoms with Crippen molar-refractivity contribution in [2.45, 2.75) is 0 Å². The third-order valence-electron chi connectivity index (χ3n) is 2.02. The van der Waals surface area contributed by atoms with Gasteiger partial charge in [-0.15, -0.1) is 11.3 Å². The first-order valence-corrected chi connectivity index (χ1v) is 5.56. The number of ether oxygens (including phenoxy) is 1. The number of furan rings is 1. The molecular weight excluding hydrogens is 224 g/mol. The van der Waals surface area contributed by atoms with Gasteiger partial charge in [-0.2, -0.15) is 0 Å². The van der Waals surface area contributed by atoms with Crippen molar-refractivity contribution >= 4 is 29.0 Å². The first-order valence-electron chi connectivity index (χ1n) is 4.68. The molecule has 0 unspecified atom stereocenters. The number of carbonyl (C=O) groups is 1. The highest BCUT2D eigenvalue weighted by Gasteiger charge is 2.13. The van der Waals surface area contributed by atoms with E-state index >= 15 is 0 Å². The number of rotatable bonds is 3. The molecule has 0 aromatic carbocycles. The molecule has 2 heterocycles. The quantitative estimate of drug-likeness (QED) is 0.605. The van der Waals surface area contributed by atoms with Crippen molar-refractivity contribution in [2.24, 2.45) is 0 Å². The van der Waals surface area contributed by atoms with Crippen molar-refractivity contribution in [1.82, 2.24) is 0 Å². The minimum Gasteiger partial charge on any atom is -0.465 e. The molecule has 0 saturated heterocycles. The summed E-state index contributed by atoms with van der Waals surface area (Å²) in [6.07, 6.45) is 3.24. The topological polar surface area (TPSA) is 39.4 Å². The predicted octanol–water partition coefficient (Wildman–Crippen LogP) is 3.05. The van der Waals surface area contributed by atoms with Crippen molar-refractivity contribution in [1.29, 1.82) is 0 Å². The van der Waals surface area contributed by atoms with Gasteiger partial charge in [0.05, 0.1) is 18.9 Å². The van der Waals surface area contributed by atoms with Gasteiger partial charge < -0.3 is 9.15 Å². The first-order chi connectivity index (χ1) is 7.81. The molecule has 2 aromatic rings. The molecule has 0 fully saturated rings. The smallest absolute Gasteiger partial charge is 0.339 e. The molecule has 2 aromatic heterocycles. The van der Waals surface area contributed by atoms with Gasteiger partial charge in [0, 0.05) is 4.88 Å². The average Bonchev–Trinajstić information content (AvgIpc) is 2.97. The maximum atomic E-state index is 11.6. The largest absolute Gasteiger partial charge is 0.465 e. The number of esters is 1. The van der Waals surface area contributed by atoms with Crippen LogP contribution in [0.25, 0.3) is 11.6 Å². The third kappa shape index (κ3) is 2.23. The van der Waals surface area contributed by atoms with E-state index in [0.29, 0.717) is 11.3 Å². The van der Waals surface area contributed by atoms with Gasteiger partial charge >= 0.3 is 5.97 Å². The van der Waals surface area contributed by atoms with E-state index in [1.807, 2.05) is 17.5 Å². The summed E-state index contributed by atoms with van der Waals surface area (Å²) in [6.45, 7) is 0. The molecule has 0 saturated carbocycles. The maximum absolute atomic E-state index is 11.6. The summed E-state index contributed by atoms with van der Waals surface area (Å²) >= 11 is 1.49. The van der Waals surface area contributed by atoms with Crippen LogP contribution < -0.4 is 0 Å². The summed E-state index contributed by atoms with van der Waals surface area (Å²) in [5.74, 6) is 0.271. The summed E-state index contributed by atoms with van der Waals surface area (Å²) in [5.41, 5.74) is 0.507. The van der Waals surface area contributed by atoms with Gasteiger partial charge in [-0.1, -0.05) is 6.07 Å². The van der Waals surface area contributed by atoms with E-state index in [0.717, 1.165) is 4.88 Å². The number of hydrogen-bond acceptors (Lipinski definition) is 4. The van der Waals surface area contributed by atoms with Crippen molar-refractivity contribution in [2.75, 3.05) is 7.11 Å². The number of hydrogen-bond donors (Lipinski definition) is 0. The Bertz CT molecular complexity index is 480. The normalized spacial score (nSPS) is 11.4. The molecule has 0 aliphatic carbocycles. The third-order valence-corrected chi connectivity index (χ3v) is 2.92. The highest BCUT2D eigenvalue weighted by Crippen LogP contribution is 2.24. The maximum Gasteiger partial charge on any atom is 0.339 e. The zero-order valence-corrected chi connectivity index (χ0v) is 9.49. The summed E-state index contributed by atoms with van der Waals surface area (Å²) in [4.78, 5) is 12.5. The van der Waals surface area contributed by atoms with Gasteiger partial charge in [-0.3, -0.25) is 0 Å². The van der Waals surface area contributed by atoms with E-state index < -0.39 is 0 Å². The zero-order valence-electron chi connectivity index (χ0n) is 8.67. The lowest BCUT2D eigenvalue weighted by Crippen LogP contribution is -2.02. The van der Waals surface area contributed by atoms with E-state index in [9.17, 15) is 4.79 Å². The minimum atomic E-state index is -0.362. The average molecular weight is 234 g/mol. The molecule has 82 valence electrons. The van der Waals surface area contributed by atoms with Crippen LogP contribution in [0.5, 0.6) is 0 Å². The minimum absolute atomic E-state index is 0.362. The molecule has 3 nitrogen and oxygen atoms in total. The van der Waals surface area contributed by atoms with Crippen LogP contribution in [0.15, 0.2) is 40.3 Å². The van der Waals surface area contributed by atoms with Gasteiger partial charge in [0.15, 0.2) is 0 Å². The Hall–Kier alpha value is -1.81. The Morgan fingerprint density at radius 3 is 2.88 bits per heavy atom. The molecule has 16 heavy (non-hydrogen) atoms. The first kappa shape index (κ1) is 10.7. The molecule has 0 atom stereocenters. The molecule has 2 rings (SSSR count). The van der Waals surface area contributed by atoms with E-state index in [1.54, 1.807) is 24.5 Å². The van der Waals surface area contributed by atoms with Gasteiger partial charge in [-0.25, -0.2) is 4.79 Å². The standard InChI is InChI=1S/C12H10O3S/c1-14-12(13)10(11-5-3-7-16-11)8-9-4-2-6-15-9/h2-8H,1H3/b10-8+. The molecule has 0 aliphatic heterocycles. The highest BCUT2D eigenvalue weighted by atomic mass is 32.1. The predicted molar refractivity (Wildman–Crippen MR) is 62.9 cm³/mol. The van der Waals surface area contributed by atoms with Gasteiger partial charge in [-0.05, 0) is 29.7 Å². The lowest BCUT2D eigenvalue weighted by molar-refractivity contribution is -0.133. The second-order valence-corrected chi connectivity index (χ2v) is 3.99. The van der Waals surface area contributed by atoms with E-state index in [1.165, 1.54) is 18.4 Å². The molecule has 0 spiro atoms. The zero-order chi connectivity index (χ0) is 11.4. The van der Waals surface area contributed by atoms with Gasteiger partial charge in [0.1, 0.15) is 5.76 Å². The van der Waals surface area contributed by atoms with Crippen LogP contribution in [0.4, 0.5) is 0 Å². The lowest BCUT2D eigenvalue weighted by atomic mass is 10.2. The molecular formula is C12H10O3S.